The van der Waals surface area contributed by atoms with Gasteiger partial charge in [0, 0.05) is 26.7 Å². The number of alkyl halides is 3. The molecule has 0 aromatic rings. The summed E-state index contributed by atoms with van der Waals surface area (Å²) in [6.07, 6.45) is -0.775. The summed E-state index contributed by atoms with van der Waals surface area (Å²) in [7, 11) is 0.569. The van der Waals surface area contributed by atoms with E-state index in [4.69, 9.17) is 25.8 Å². The minimum Gasteiger partial charge on any atom is -0.380 e. The number of hydrogen-bond acceptors (Lipinski definition) is 6. The fraction of sp³-hybridized carbons (Fsp3) is 0.957. The van der Waals surface area contributed by atoms with E-state index in [-0.39, 0.29) is 30.7 Å². The molecule has 35 heavy (non-hydrogen) atoms. The number of methoxy groups -OCH3 is 3. The topological polar surface area (TPSA) is 94.2 Å². The van der Waals surface area contributed by atoms with Gasteiger partial charge in [-0.05, 0) is 57.8 Å². The third-order valence-electron chi connectivity index (χ3n) is 7.77. The van der Waals surface area contributed by atoms with E-state index < -0.39 is 64.4 Å². The highest BCUT2D eigenvalue weighted by Crippen LogP contribution is 2.35. The highest BCUT2D eigenvalue weighted by molar-refractivity contribution is 7.89. The van der Waals surface area contributed by atoms with Crippen LogP contribution in [0.5, 0.6) is 0 Å². The molecular formula is C23H39ClF2N2O6S. The van der Waals surface area contributed by atoms with Gasteiger partial charge in [-0.15, -0.1) is 11.6 Å². The zero-order valence-electron chi connectivity index (χ0n) is 20.7. The lowest BCUT2D eigenvalue weighted by molar-refractivity contribution is -0.124. The second-order valence-electron chi connectivity index (χ2n) is 9.88. The van der Waals surface area contributed by atoms with Crippen molar-refractivity contribution >= 4 is 27.5 Å². The highest BCUT2D eigenvalue weighted by atomic mass is 35.5. The number of amides is 1. The van der Waals surface area contributed by atoms with Gasteiger partial charge in [0.1, 0.15) is 12.3 Å². The number of rotatable bonds is 9. The number of halogens is 3. The van der Waals surface area contributed by atoms with Crippen LogP contribution >= 0.6 is 11.6 Å². The lowest BCUT2D eigenvalue weighted by Gasteiger charge is -2.43. The van der Waals surface area contributed by atoms with Gasteiger partial charge in [0.15, 0.2) is 0 Å². The first-order chi connectivity index (χ1) is 16.6. The summed E-state index contributed by atoms with van der Waals surface area (Å²) >= 11 is 6.41. The van der Waals surface area contributed by atoms with E-state index in [1.165, 1.54) is 18.5 Å². The van der Waals surface area contributed by atoms with Gasteiger partial charge in [-0.1, -0.05) is 0 Å². The Kier molecular flexibility index (Phi) is 10.6. The Bertz CT molecular complexity index is 799. The normalized spacial score (nSPS) is 38.9. The summed E-state index contributed by atoms with van der Waals surface area (Å²) in [4.78, 5) is 13.0. The summed E-state index contributed by atoms with van der Waals surface area (Å²) < 4.78 is 74.3. The van der Waals surface area contributed by atoms with Crippen LogP contribution in [0.25, 0.3) is 0 Å². The second-order valence-corrected chi connectivity index (χ2v) is 12.7. The Balaban J connectivity index is 1.85. The van der Waals surface area contributed by atoms with E-state index in [0.717, 1.165) is 0 Å². The molecule has 0 heterocycles. The monoisotopic (exact) mass is 544 g/mol. The van der Waals surface area contributed by atoms with Crippen molar-refractivity contribution in [2.75, 3.05) is 27.9 Å². The molecule has 3 aliphatic rings. The first kappa shape index (κ1) is 29.0. The van der Waals surface area contributed by atoms with Crippen molar-refractivity contribution < 1.29 is 36.2 Å². The molecule has 3 saturated carbocycles. The SMILES string of the molecule is COC1CCC(S(=O)(=O)N(CC(=O)NC2C(F)CCCC2F)C2CC(Cl)CCC2OC)CC1OC. The molecule has 8 atom stereocenters. The maximum Gasteiger partial charge on any atom is 0.235 e. The van der Waals surface area contributed by atoms with E-state index in [9.17, 15) is 22.0 Å². The standard InChI is InChI=1S/C23H39ClF2N2O6S/c1-32-19-9-7-14(24)11-18(19)28(13-22(29)27-23-16(25)5-4-6-17(23)26)35(30,31)15-8-10-20(33-2)21(12-15)34-3/h14-21,23H,4-13H2,1-3H3,(H,27,29). The predicted molar refractivity (Wildman–Crippen MR) is 129 cm³/mol. The molecule has 3 aliphatic carbocycles. The summed E-state index contributed by atoms with van der Waals surface area (Å²) in [6, 6.07) is -1.94. The maximum absolute atomic E-state index is 14.3. The van der Waals surface area contributed by atoms with Gasteiger partial charge in [-0.3, -0.25) is 4.79 Å². The number of carbonyl (C=O) groups excluding carboxylic acids is 1. The van der Waals surface area contributed by atoms with Crippen LogP contribution < -0.4 is 5.32 Å². The van der Waals surface area contributed by atoms with Crippen molar-refractivity contribution in [3.8, 4) is 0 Å². The van der Waals surface area contributed by atoms with E-state index in [1.54, 1.807) is 7.11 Å². The van der Waals surface area contributed by atoms with E-state index in [0.29, 0.717) is 38.5 Å². The third-order valence-corrected chi connectivity index (χ3v) is 10.5. The Morgan fingerprint density at radius 3 is 2.11 bits per heavy atom. The third kappa shape index (κ3) is 6.84. The molecule has 3 fully saturated rings. The highest BCUT2D eigenvalue weighted by Gasteiger charge is 2.46. The quantitative estimate of drug-likeness (QED) is 0.449. The van der Waals surface area contributed by atoms with E-state index in [1.807, 2.05) is 0 Å². The molecule has 0 radical (unpaired) electrons. The van der Waals surface area contributed by atoms with Crippen LogP contribution in [-0.4, -0.2) is 99.9 Å². The Labute approximate surface area is 212 Å². The van der Waals surface area contributed by atoms with Gasteiger partial charge < -0.3 is 19.5 Å². The van der Waals surface area contributed by atoms with Gasteiger partial charge in [-0.2, -0.15) is 4.31 Å². The molecular weight excluding hydrogens is 506 g/mol. The Morgan fingerprint density at radius 1 is 0.914 bits per heavy atom. The molecule has 1 N–H and O–H groups in total. The van der Waals surface area contributed by atoms with Gasteiger partial charge in [0.25, 0.3) is 0 Å². The first-order valence-electron chi connectivity index (χ1n) is 12.4. The first-order valence-corrected chi connectivity index (χ1v) is 14.4. The maximum atomic E-state index is 14.3. The Morgan fingerprint density at radius 2 is 1.51 bits per heavy atom. The minimum atomic E-state index is -4.02. The molecule has 8 nitrogen and oxygen atoms in total. The van der Waals surface area contributed by atoms with Crippen LogP contribution in [0, 0.1) is 0 Å². The number of ether oxygens (including phenoxy) is 3. The van der Waals surface area contributed by atoms with E-state index >= 15 is 0 Å². The van der Waals surface area contributed by atoms with Crippen LogP contribution in [0.15, 0.2) is 0 Å². The molecule has 0 aromatic carbocycles. The number of nitrogens with zero attached hydrogens (tertiary/aromatic N) is 1. The van der Waals surface area contributed by atoms with Crippen LogP contribution in [0.4, 0.5) is 8.78 Å². The zero-order chi connectivity index (χ0) is 25.8. The second kappa shape index (κ2) is 12.8. The number of hydrogen-bond donors (Lipinski definition) is 1. The van der Waals surface area contributed by atoms with Crippen molar-refractivity contribution in [3.05, 3.63) is 0 Å². The van der Waals surface area contributed by atoms with Crippen molar-refractivity contribution in [2.24, 2.45) is 0 Å². The average Bonchev–Trinajstić information content (AvgIpc) is 2.84. The van der Waals surface area contributed by atoms with Crippen LogP contribution in [0.2, 0.25) is 0 Å². The molecule has 0 bridgehead atoms. The summed E-state index contributed by atoms with van der Waals surface area (Å²) in [5, 5.41) is 1.36. The van der Waals surface area contributed by atoms with Gasteiger partial charge in [0.05, 0.1) is 42.2 Å². The van der Waals surface area contributed by atoms with Gasteiger partial charge >= 0.3 is 0 Å². The molecule has 0 spiro atoms. The fourth-order valence-corrected chi connectivity index (χ4v) is 8.19. The van der Waals surface area contributed by atoms with Crippen LogP contribution in [0.1, 0.15) is 57.8 Å². The van der Waals surface area contributed by atoms with Crippen LogP contribution in [0.3, 0.4) is 0 Å². The lowest BCUT2D eigenvalue weighted by Crippen LogP contribution is -2.59. The largest absolute Gasteiger partial charge is 0.380 e. The molecule has 12 heteroatoms. The van der Waals surface area contributed by atoms with Crippen molar-refractivity contribution in [3.63, 3.8) is 0 Å². The average molecular weight is 545 g/mol. The molecule has 1 amide bonds. The predicted octanol–water partition coefficient (Wildman–Crippen LogP) is 2.72. The molecule has 0 aromatic heterocycles. The zero-order valence-corrected chi connectivity index (χ0v) is 22.3. The Hall–Kier alpha value is -0.590. The molecule has 0 saturated heterocycles. The van der Waals surface area contributed by atoms with Gasteiger partial charge in [0.2, 0.25) is 15.9 Å². The number of carbonyl (C=O) groups is 1. The van der Waals surface area contributed by atoms with Gasteiger partial charge in [-0.25, -0.2) is 17.2 Å². The molecule has 204 valence electrons. The van der Waals surface area contributed by atoms with E-state index in [2.05, 4.69) is 5.32 Å². The fourth-order valence-electron chi connectivity index (χ4n) is 5.73. The number of nitrogens with one attached hydrogen (secondary N) is 1. The van der Waals surface area contributed by atoms with Crippen molar-refractivity contribution in [1.82, 2.24) is 9.62 Å². The smallest absolute Gasteiger partial charge is 0.235 e. The molecule has 8 unspecified atom stereocenters. The molecule has 0 aliphatic heterocycles. The molecule has 3 rings (SSSR count). The van der Waals surface area contributed by atoms with Crippen LogP contribution in [-0.2, 0) is 29.0 Å². The summed E-state index contributed by atoms with van der Waals surface area (Å²) in [5.41, 5.74) is 0. The summed E-state index contributed by atoms with van der Waals surface area (Å²) in [5.74, 6) is -0.730. The van der Waals surface area contributed by atoms with Crippen molar-refractivity contribution in [1.29, 1.82) is 0 Å². The minimum absolute atomic E-state index is 0.164. The number of sulfonamides is 1. The van der Waals surface area contributed by atoms with Crippen molar-refractivity contribution in [2.45, 2.75) is 111 Å². The summed E-state index contributed by atoms with van der Waals surface area (Å²) in [6.45, 7) is -0.547. The lowest BCUT2D eigenvalue weighted by atomic mass is 9.91.